The van der Waals surface area contributed by atoms with Crippen LogP contribution < -0.4 is 15.2 Å². The number of pyridine rings is 1. The highest BCUT2D eigenvalue weighted by Gasteiger charge is 2.31. The van der Waals surface area contributed by atoms with Crippen molar-refractivity contribution < 1.29 is 19.1 Å². The van der Waals surface area contributed by atoms with Crippen LogP contribution in [0.15, 0.2) is 53.3 Å². The Morgan fingerprint density at radius 2 is 1.62 bits per heavy atom. The number of carbonyl (C=O) groups excluding carboxylic acids is 3. The van der Waals surface area contributed by atoms with Crippen LogP contribution in [0.5, 0.6) is 5.75 Å². The largest absolute Gasteiger partial charge is 0.425 e. The lowest BCUT2D eigenvalue weighted by Gasteiger charge is -2.22. The standard InChI is InChI=1S/C22H20N2O5/c1-13-9-8-12-17-18(13)20(29-15(3)26)19(21(27)23(17)4)22(28)24(14(2)25)16-10-6-5-7-11-16/h5-12H,1-4H3. The minimum absolute atomic E-state index is 0.138. The monoisotopic (exact) mass is 392 g/mol. The summed E-state index contributed by atoms with van der Waals surface area (Å²) >= 11 is 0. The van der Waals surface area contributed by atoms with E-state index in [0.717, 1.165) is 10.5 Å². The van der Waals surface area contributed by atoms with Gasteiger partial charge in [-0.1, -0.05) is 30.3 Å². The number of anilines is 1. The fourth-order valence-corrected chi connectivity index (χ4v) is 3.29. The number of carbonyl (C=O) groups is 3. The van der Waals surface area contributed by atoms with E-state index in [0.29, 0.717) is 16.6 Å². The number of hydrogen-bond acceptors (Lipinski definition) is 5. The third-order valence-electron chi connectivity index (χ3n) is 4.58. The van der Waals surface area contributed by atoms with Gasteiger partial charge in [0.2, 0.25) is 5.91 Å². The normalized spacial score (nSPS) is 10.6. The zero-order valence-electron chi connectivity index (χ0n) is 16.6. The summed E-state index contributed by atoms with van der Waals surface area (Å²) in [6, 6.07) is 13.5. The Kier molecular flexibility index (Phi) is 5.32. The molecule has 7 heteroatoms. The van der Waals surface area contributed by atoms with E-state index in [2.05, 4.69) is 0 Å². The topological polar surface area (TPSA) is 85.7 Å². The maximum atomic E-state index is 13.4. The molecule has 0 spiro atoms. The van der Waals surface area contributed by atoms with E-state index in [1.807, 2.05) is 0 Å². The number of aromatic nitrogens is 1. The van der Waals surface area contributed by atoms with Crippen LogP contribution in [0.4, 0.5) is 5.69 Å². The second kappa shape index (κ2) is 7.71. The number of hydrogen-bond donors (Lipinski definition) is 0. The number of amides is 2. The molecule has 0 aliphatic carbocycles. The third kappa shape index (κ3) is 3.54. The van der Waals surface area contributed by atoms with E-state index >= 15 is 0 Å². The summed E-state index contributed by atoms with van der Waals surface area (Å²) in [5.74, 6) is -2.24. The van der Waals surface area contributed by atoms with Crippen molar-refractivity contribution in [3.05, 3.63) is 70.0 Å². The van der Waals surface area contributed by atoms with Crippen molar-refractivity contribution in [2.75, 3.05) is 4.90 Å². The summed E-state index contributed by atoms with van der Waals surface area (Å²) in [5, 5.41) is 0.463. The Labute approximate surface area is 167 Å². The Hall–Kier alpha value is -3.74. The van der Waals surface area contributed by atoms with E-state index in [9.17, 15) is 19.2 Å². The summed E-state index contributed by atoms with van der Waals surface area (Å²) in [6.45, 7) is 4.21. The average molecular weight is 392 g/mol. The fraction of sp³-hybridized carbons (Fsp3) is 0.182. The lowest BCUT2D eigenvalue weighted by molar-refractivity contribution is -0.131. The Balaban J connectivity index is 2.38. The van der Waals surface area contributed by atoms with E-state index < -0.39 is 23.3 Å². The lowest BCUT2D eigenvalue weighted by atomic mass is 10.0. The van der Waals surface area contributed by atoms with E-state index in [1.165, 1.54) is 25.5 Å². The Morgan fingerprint density at radius 3 is 2.21 bits per heavy atom. The van der Waals surface area contributed by atoms with Gasteiger partial charge in [0.25, 0.3) is 11.5 Å². The minimum Gasteiger partial charge on any atom is -0.425 e. The molecule has 2 amide bonds. The number of ether oxygens (including phenoxy) is 1. The number of aryl methyl sites for hydroxylation is 2. The molecular weight excluding hydrogens is 372 g/mol. The zero-order valence-corrected chi connectivity index (χ0v) is 16.6. The molecule has 0 fully saturated rings. The molecule has 0 bridgehead atoms. The highest BCUT2D eigenvalue weighted by atomic mass is 16.5. The molecular formula is C22H20N2O5. The highest BCUT2D eigenvalue weighted by Crippen LogP contribution is 2.32. The zero-order chi connectivity index (χ0) is 21.3. The number of para-hydroxylation sites is 1. The van der Waals surface area contributed by atoms with Crippen molar-refractivity contribution >= 4 is 34.4 Å². The number of nitrogens with zero attached hydrogens (tertiary/aromatic N) is 2. The first-order valence-electron chi connectivity index (χ1n) is 8.94. The van der Waals surface area contributed by atoms with Gasteiger partial charge >= 0.3 is 5.97 Å². The van der Waals surface area contributed by atoms with Crippen LogP contribution in [0.3, 0.4) is 0 Å². The van der Waals surface area contributed by atoms with Gasteiger partial charge in [0.15, 0.2) is 5.75 Å². The van der Waals surface area contributed by atoms with Gasteiger partial charge in [-0.15, -0.1) is 0 Å². The van der Waals surface area contributed by atoms with Crippen LogP contribution in [-0.4, -0.2) is 22.4 Å². The predicted molar refractivity (Wildman–Crippen MR) is 109 cm³/mol. The van der Waals surface area contributed by atoms with Gasteiger partial charge in [0.05, 0.1) is 11.2 Å². The molecule has 0 saturated heterocycles. The number of rotatable bonds is 3. The van der Waals surface area contributed by atoms with Crippen molar-refractivity contribution in [1.82, 2.24) is 4.57 Å². The quantitative estimate of drug-likeness (QED) is 0.640. The molecule has 0 saturated carbocycles. The van der Waals surface area contributed by atoms with Crippen molar-refractivity contribution in [1.29, 1.82) is 0 Å². The van der Waals surface area contributed by atoms with E-state index in [1.54, 1.807) is 55.5 Å². The Bertz CT molecular complexity index is 1200. The molecule has 0 atom stereocenters. The number of fused-ring (bicyclic) bond motifs is 1. The van der Waals surface area contributed by atoms with Crippen molar-refractivity contribution in [2.24, 2.45) is 7.05 Å². The lowest BCUT2D eigenvalue weighted by Crippen LogP contribution is -2.40. The van der Waals surface area contributed by atoms with Crippen LogP contribution in [0, 0.1) is 6.92 Å². The van der Waals surface area contributed by atoms with E-state index in [-0.39, 0.29) is 11.3 Å². The predicted octanol–water partition coefficient (Wildman–Crippen LogP) is 2.97. The molecule has 1 aromatic heterocycles. The van der Waals surface area contributed by atoms with Crippen LogP contribution >= 0.6 is 0 Å². The molecule has 3 rings (SSSR count). The smallest absolute Gasteiger partial charge is 0.308 e. The molecule has 148 valence electrons. The van der Waals surface area contributed by atoms with Gasteiger partial charge in [0.1, 0.15) is 5.56 Å². The van der Waals surface area contributed by atoms with Crippen LogP contribution in [0.1, 0.15) is 29.8 Å². The van der Waals surface area contributed by atoms with Crippen molar-refractivity contribution in [3.8, 4) is 5.75 Å². The molecule has 0 aliphatic rings. The summed E-state index contributed by atoms with van der Waals surface area (Å²) < 4.78 is 6.66. The summed E-state index contributed by atoms with van der Waals surface area (Å²) in [7, 11) is 1.53. The van der Waals surface area contributed by atoms with E-state index in [4.69, 9.17) is 4.74 Å². The first-order valence-corrected chi connectivity index (χ1v) is 8.94. The fourth-order valence-electron chi connectivity index (χ4n) is 3.29. The van der Waals surface area contributed by atoms with Crippen molar-refractivity contribution in [2.45, 2.75) is 20.8 Å². The van der Waals surface area contributed by atoms with Gasteiger partial charge < -0.3 is 9.30 Å². The second-order valence-corrected chi connectivity index (χ2v) is 6.63. The van der Waals surface area contributed by atoms with Gasteiger partial charge in [-0.25, -0.2) is 4.90 Å². The third-order valence-corrected chi connectivity index (χ3v) is 4.58. The molecule has 29 heavy (non-hydrogen) atoms. The summed E-state index contributed by atoms with van der Waals surface area (Å²) in [6.07, 6.45) is 0. The van der Waals surface area contributed by atoms with Gasteiger partial charge in [0, 0.05) is 26.3 Å². The molecule has 0 aliphatic heterocycles. The van der Waals surface area contributed by atoms with Crippen LogP contribution in [0.2, 0.25) is 0 Å². The summed E-state index contributed by atoms with van der Waals surface area (Å²) in [4.78, 5) is 51.5. The molecule has 3 aromatic rings. The van der Waals surface area contributed by atoms with Crippen LogP contribution in [0.25, 0.3) is 10.9 Å². The SMILES string of the molecule is CC(=O)Oc1c(C(=O)N(C(C)=O)c2ccccc2)c(=O)n(C)c2cccc(C)c12. The highest BCUT2D eigenvalue weighted by molar-refractivity contribution is 6.22. The van der Waals surface area contributed by atoms with Crippen LogP contribution in [-0.2, 0) is 16.6 Å². The Morgan fingerprint density at radius 1 is 0.966 bits per heavy atom. The minimum atomic E-state index is -0.856. The molecule has 7 nitrogen and oxygen atoms in total. The number of benzene rings is 2. The molecule has 0 N–H and O–H groups in total. The average Bonchev–Trinajstić information content (AvgIpc) is 2.66. The maximum Gasteiger partial charge on any atom is 0.308 e. The number of esters is 1. The van der Waals surface area contributed by atoms with Gasteiger partial charge in [-0.05, 0) is 30.7 Å². The number of imide groups is 1. The van der Waals surface area contributed by atoms with Gasteiger partial charge in [-0.3, -0.25) is 19.2 Å². The maximum absolute atomic E-state index is 13.4. The molecule has 0 unspecified atom stereocenters. The van der Waals surface area contributed by atoms with Gasteiger partial charge in [-0.2, -0.15) is 0 Å². The molecule has 0 radical (unpaired) electrons. The first-order chi connectivity index (χ1) is 13.7. The molecule has 2 aromatic carbocycles. The second-order valence-electron chi connectivity index (χ2n) is 6.63. The molecule has 1 heterocycles. The van der Waals surface area contributed by atoms with Crippen molar-refractivity contribution in [3.63, 3.8) is 0 Å². The first kappa shape index (κ1) is 20.0. The summed E-state index contributed by atoms with van der Waals surface area (Å²) in [5.41, 5.74) is 0.509.